The van der Waals surface area contributed by atoms with Crippen molar-refractivity contribution in [3.8, 4) is 0 Å². The van der Waals surface area contributed by atoms with E-state index in [4.69, 9.17) is 5.73 Å². The SMILES string of the molecule is Cl.Cl.Nc1ccc(C(=O)N(CCN2CCC(C(=O)c3ccccc3)CC2)c2cccnc2)cc1. The summed E-state index contributed by atoms with van der Waals surface area (Å²) in [5, 5.41) is 0. The summed E-state index contributed by atoms with van der Waals surface area (Å²) in [7, 11) is 0. The zero-order chi connectivity index (χ0) is 22.3. The molecule has 1 aromatic heterocycles. The van der Waals surface area contributed by atoms with Gasteiger partial charge in [0.15, 0.2) is 5.78 Å². The number of hydrogen-bond acceptors (Lipinski definition) is 5. The van der Waals surface area contributed by atoms with Gasteiger partial charge in [0.1, 0.15) is 0 Å². The summed E-state index contributed by atoms with van der Waals surface area (Å²) in [5.41, 5.74) is 8.56. The second-order valence-electron chi connectivity index (χ2n) is 8.14. The van der Waals surface area contributed by atoms with E-state index in [0.717, 1.165) is 43.7 Å². The van der Waals surface area contributed by atoms with Crippen molar-refractivity contribution in [3.63, 3.8) is 0 Å². The number of ketones is 1. The van der Waals surface area contributed by atoms with E-state index in [1.54, 1.807) is 41.6 Å². The van der Waals surface area contributed by atoms with Crippen LogP contribution in [0.15, 0.2) is 79.1 Å². The molecule has 0 aliphatic carbocycles. The molecular weight excluding hydrogens is 471 g/mol. The second kappa shape index (κ2) is 13.1. The summed E-state index contributed by atoms with van der Waals surface area (Å²) < 4.78 is 0. The van der Waals surface area contributed by atoms with Crippen LogP contribution >= 0.6 is 24.8 Å². The molecule has 2 heterocycles. The third kappa shape index (κ3) is 6.79. The first kappa shape index (κ1) is 27.3. The van der Waals surface area contributed by atoms with Gasteiger partial charge in [-0.2, -0.15) is 0 Å². The number of carbonyl (C=O) groups is 2. The van der Waals surface area contributed by atoms with Crippen molar-refractivity contribution in [2.45, 2.75) is 12.8 Å². The lowest BCUT2D eigenvalue weighted by Crippen LogP contribution is -2.43. The summed E-state index contributed by atoms with van der Waals surface area (Å²) in [6.45, 7) is 2.98. The van der Waals surface area contributed by atoms with Crippen molar-refractivity contribution < 1.29 is 9.59 Å². The van der Waals surface area contributed by atoms with Gasteiger partial charge < -0.3 is 15.5 Å². The maximum absolute atomic E-state index is 13.2. The second-order valence-corrected chi connectivity index (χ2v) is 8.14. The molecule has 1 aliphatic heterocycles. The zero-order valence-electron chi connectivity index (χ0n) is 18.9. The molecule has 0 unspecified atom stereocenters. The van der Waals surface area contributed by atoms with E-state index in [0.29, 0.717) is 17.8 Å². The Morgan fingerprint density at radius 2 is 1.59 bits per heavy atom. The molecule has 1 amide bonds. The summed E-state index contributed by atoms with van der Waals surface area (Å²) >= 11 is 0. The maximum Gasteiger partial charge on any atom is 0.258 e. The largest absolute Gasteiger partial charge is 0.399 e. The number of anilines is 2. The number of aromatic nitrogens is 1. The maximum atomic E-state index is 13.2. The van der Waals surface area contributed by atoms with E-state index < -0.39 is 0 Å². The number of hydrogen-bond donors (Lipinski definition) is 1. The zero-order valence-corrected chi connectivity index (χ0v) is 20.5. The third-order valence-corrected chi connectivity index (χ3v) is 6.02. The van der Waals surface area contributed by atoms with Crippen LogP contribution in [-0.2, 0) is 0 Å². The van der Waals surface area contributed by atoms with Crippen LogP contribution in [0.4, 0.5) is 11.4 Å². The summed E-state index contributed by atoms with van der Waals surface area (Å²) in [5.74, 6) is 0.229. The topological polar surface area (TPSA) is 79.5 Å². The van der Waals surface area contributed by atoms with Gasteiger partial charge in [0, 0.05) is 42.0 Å². The Hall–Kier alpha value is -2.93. The van der Waals surface area contributed by atoms with Crippen LogP contribution in [0.3, 0.4) is 0 Å². The predicted molar refractivity (Wildman–Crippen MR) is 141 cm³/mol. The molecule has 0 saturated carbocycles. The Morgan fingerprint density at radius 3 is 2.21 bits per heavy atom. The number of Topliss-reactive ketones (excluding diaryl/α,β-unsaturated/α-hetero) is 1. The summed E-state index contributed by atoms with van der Waals surface area (Å²) in [6, 6.07) is 20.2. The van der Waals surface area contributed by atoms with Gasteiger partial charge in [-0.3, -0.25) is 14.6 Å². The fourth-order valence-corrected chi connectivity index (χ4v) is 4.14. The highest BCUT2D eigenvalue weighted by Gasteiger charge is 2.26. The average Bonchev–Trinajstić information content (AvgIpc) is 2.85. The van der Waals surface area contributed by atoms with Crippen LogP contribution < -0.4 is 10.6 Å². The Morgan fingerprint density at radius 1 is 0.912 bits per heavy atom. The molecule has 180 valence electrons. The van der Waals surface area contributed by atoms with E-state index in [2.05, 4.69) is 9.88 Å². The fraction of sp³-hybridized carbons (Fsp3) is 0.269. The number of piperidine rings is 1. The Labute approximate surface area is 213 Å². The van der Waals surface area contributed by atoms with Crippen molar-refractivity contribution in [2.75, 3.05) is 36.8 Å². The van der Waals surface area contributed by atoms with Crippen LogP contribution in [0, 0.1) is 5.92 Å². The van der Waals surface area contributed by atoms with Crippen LogP contribution in [0.1, 0.15) is 33.6 Å². The molecule has 2 aromatic carbocycles. The predicted octanol–water partition coefficient (Wildman–Crippen LogP) is 4.75. The highest BCUT2D eigenvalue weighted by molar-refractivity contribution is 6.06. The average molecular weight is 501 g/mol. The van der Waals surface area contributed by atoms with Gasteiger partial charge in [0.2, 0.25) is 0 Å². The smallest absolute Gasteiger partial charge is 0.258 e. The van der Waals surface area contributed by atoms with Crippen molar-refractivity contribution in [3.05, 3.63) is 90.3 Å². The van der Waals surface area contributed by atoms with Crippen molar-refractivity contribution in [2.24, 2.45) is 5.92 Å². The molecule has 0 spiro atoms. The molecular formula is C26H30Cl2N4O2. The molecule has 34 heavy (non-hydrogen) atoms. The van der Waals surface area contributed by atoms with E-state index in [-0.39, 0.29) is 42.4 Å². The number of halogens is 2. The normalized spacial score (nSPS) is 13.9. The fourth-order valence-electron chi connectivity index (χ4n) is 4.14. The molecule has 1 saturated heterocycles. The van der Waals surface area contributed by atoms with Gasteiger partial charge >= 0.3 is 0 Å². The summed E-state index contributed by atoms with van der Waals surface area (Å²) in [6.07, 6.45) is 5.09. The van der Waals surface area contributed by atoms with Gasteiger partial charge in [-0.05, 0) is 62.3 Å². The van der Waals surface area contributed by atoms with Crippen LogP contribution in [0.2, 0.25) is 0 Å². The van der Waals surface area contributed by atoms with E-state index in [9.17, 15) is 9.59 Å². The molecule has 8 heteroatoms. The Kier molecular flexibility index (Phi) is 10.5. The number of likely N-dealkylation sites (tertiary alicyclic amines) is 1. The van der Waals surface area contributed by atoms with E-state index >= 15 is 0 Å². The van der Waals surface area contributed by atoms with Crippen molar-refractivity contribution in [1.82, 2.24) is 9.88 Å². The first-order valence-electron chi connectivity index (χ1n) is 11.0. The first-order valence-corrected chi connectivity index (χ1v) is 11.0. The standard InChI is InChI=1S/C26H28N4O2.2ClH/c27-23-10-8-22(9-11-23)26(32)30(24-7-4-14-28-19-24)18-17-29-15-12-21(13-16-29)25(31)20-5-2-1-3-6-20;;/h1-11,14,19,21H,12-13,15-18,27H2;2*1H. The number of nitrogen functional groups attached to an aromatic ring is 1. The highest BCUT2D eigenvalue weighted by atomic mass is 35.5. The van der Waals surface area contributed by atoms with Crippen molar-refractivity contribution >= 4 is 47.9 Å². The quantitative estimate of drug-likeness (QED) is 0.374. The molecule has 1 fully saturated rings. The molecule has 2 N–H and O–H groups in total. The van der Waals surface area contributed by atoms with E-state index in [1.807, 2.05) is 42.5 Å². The van der Waals surface area contributed by atoms with Gasteiger partial charge in [-0.25, -0.2) is 0 Å². The third-order valence-electron chi connectivity index (χ3n) is 6.02. The van der Waals surface area contributed by atoms with E-state index in [1.165, 1.54) is 0 Å². The number of benzene rings is 2. The lowest BCUT2D eigenvalue weighted by atomic mass is 9.89. The van der Waals surface area contributed by atoms with Crippen LogP contribution in [0.5, 0.6) is 0 Å². The van der Waals surface area contributed by atoms with Gasteiger partial charge in [0.25, 0.3) is 5.91 Å². The summed E-state index contributed by atoms with van der Waals surface area (Å²) in [4.78, 5) is 34.2. The lowest BCUT2D eigenvalue weighted by molar-refractivity contribution is 0.0841. The number of nitrogens with zero attached hydrogens (tertiary/aromatic N) is 3. The minimum absolute atomic E-state index is 0. The number of pyridine rings is 1. The Bertz CT molecular complexity index is 1040. The van der Waals surface area contributed by atoms with Crippen LogP contribution in [0.25, 0.3) is 0 Å². The first-order chi connectivity index (χ1) is 15.6. The van der Waals surface area contributed by atoms with Gasteiger partial charge in [0.05, 0.1) is 11.9 Å². The highest BCUT2D eigenvalue weighted by Crippen LogP contribution is 2.23. The number of nitrogens with two attached hydrogens (primary N) is 1. The van der Waals surface area contributed by atoms with Gasteiger partial charge in [-0.1, -0.05) is 30.3 Å². The number of rotatable bonds is 7. The number of amides is 1. The van der Waals surface area contributed by atoms with Gasteiger partial charge in [-0.15, -0.1) is 24.8 Å². The molecule has 3 aromatic rings. The lowest BCUT2D eigenvalue weighted by Gasteiger charge is -2.33. The van der Waals surface area contributed by atoms with Crippen molar-refractivity contribution in [1.29, 1.82) is 0 Å². The molecule has 4 rings (SSSR count). The molecule has 0 bridgehead atoms. The monoisotopic (exact) mass is 500 g/mol. The number of carbonyl (C=O) groups excluding carboxylic acids is 2. The minimum Gasteiger partial charge on any atom is -0.399 e. The molecule has 0 radical (unpaired) electrons. The molecule has 0 atom stereocenters. The van der Waals surface area contributed by atoms with Crippen LogP contribution in [-0.4, -0.2) is 47.8 Å². The molecule has 6 nitrogen and oxygen atoms in total. The Balaban J connectivity index is 0.00000204. The molecule has 1 aliphatic rings. The minimum atomic E-state index is -0.0767.